The van der Waals surface area contributed by atoms with Gasteiger partial charge in [-0.3, -0.25) is 0 Å². The van der Waals surface area contributed by atoms with Crippen molar-refractivity contribution in [2.24, 2.45) is 0 Å². The first kappa shape index (κ1) is 21.9. The summed E-state index contributed by atoms with van der Waals surface area (Å²) in [6.07, 6.45) is 21.0. The first-order chi connectivity index (χ1) is 17.8. The van der Waals surface area contributed by atoms with Crippen LogP contribution in [0.2, 0.25) is 0 Å². The minimum atomic E-state index is 1.07. The number of allylic oxidation sites excluding steroid dienone is 5. The lowest BCUT2D eigenvalue weighted by Gasteiger charge is -2.08. The summed E-state index contributed by atoms with van der Waals surface area (Å²) >= 11 is 0. The smallest absolute Gasteiger partial charge is 0.0531 e. The fraction of sp³-hybridized carbons (Fsp3) is 0.0588. The number of hydrogen-bond donors (Lipinski definition) is 0. The van der Waals surface area contributed by atoms with Crippen molar-refractivity contribution in [1.29, 1.82) is 0 Å². The van der Waals surface area contributed by atoms with E-state index in [9.17, 15) is 0 Å². The highest BCUT2D eigenvalue weighted by atomic mass is 15.0. The normalized spacial score (nSPS) is 13.1. The Labute approximate surface area is 212 Å². The van der Waals surface area contributed by atoms with E-state index in [0.29, 0.717) is 0 Å². The summed E-state index contributed by atoms with van der Waals surface area (Å²) in [4.78, 5) is 0. The van der Waals surface area contributed by atoms with Gasteiger partial charge in [-0.1, -0.05) is 79.4 Å². The van der Waals surface area contributed by atoms with Gasteiger partial charge in [-0.2, -0.15) is 0 Å². The number of aromatic nitrogens is 2. The van der Waals surface area contributed by atoms with Crippen molar-refractivity contribution in [2.75, 3.05) is 0 Å². The molecule has 1 aliphatic carbocycles. The summed E-state index contributed by atoms with van der Waals surface area (Å²) in [5, 5.41) is 1.34. The van der Waals surface area contributed by atoms with E-state index in [2.05, 4.69) is 131 Å². The molecule has 1 aliphatic rings. The Morgan fingerprint density at radius 3 is 2.39 bits per heavy atom. The van der Waals surface area contributed by atoms with Gasteiger partial charge >= 0.3 is 0 Å². The largest absolute Gasteiger partial charge is 0.323 e. The summed E-state index contributed by atoms with van der Waals surface area (Å²) < 4.78 is 4.49. The van der Waals surface area contributed by atoms with Gasteiger partial charge in [0.05, 0.1) is 5.52 Å². The molecule has 2 nitrogen and oxygen atoms in total. The van der Waals surface area contributed by atoms with Crippen LogP contribution in [0, 0.1) is 0 Å². The number of hydrogen-bond acceptors (Lipinski definition) is 0. The van der Waals surface area contributed by atoms with E-state index in [1.165, 1.54) is 44.4 Å². The van der Waals surface area contributed by atoms with Crippen LogP contribution >= 0.6 is 0 Å². The summed E-state index contributed by atoms with van der Waals surface area (Å²) in [5.74, 6) is 0. The van der Waals surface area contributed by atoms with E-state index in [-0.39, 0.29) is 0 Å². The molecule has 0 spiro atoms. The molecular formula is C34H28N2. The average molecular weight is 465 g/mol. The van der Waals surface area contributed by atoms with Crippen LogP contribution in [0.3, 0.4) is 0 Å². The quantitative estimate of drug-likeness (QED) is 0.222. The lowest BCUT2D eigenvalue weighted by molar-refractivity contribution is 0.979. The second-order valence-electron chi connectivity index (χ2n) is 9.09. The molecule has 0 unspecified atom stereocenters. The fourth-order valence-electron chi connectivity index (χ4n) is 5.07. The fourth-order valence-corrected chi connectivity index (χ4v) is 5.07. The zero-order valence-corrected chi connectivity index (χ0v) is 20.2. The monoisotopic (exact) mass is 464 g/mol. The molecular weight excluding hydrogens is 436 g/mol. The van der Waals surface area contributed by atoms with Gasteiger partial charge in [-0.05, 0) is 83.1 Å². The molecule has 0 saturated carbocycles. The van der Waals surface area contributed by atoms with Crippen LogP contribution < -0.4 is 0 Å². The molecule has 0 fully saturated rings. The molecule has 0 aliphatic heterocycles. The van der Waals surface area contributed by atoms with Crippen LogP contribution in [0.15, 0.2) is 128 Å². The highest BCUT2D eigenvalue weighted by Gasteiger charge is 2.17. The van der Waals surface area contributed by atoms with Crippen molar-refractivity contribution in [3.05, 3.63) is 139 Å². The molecule has 0 amide bonds. The number of benzene rings is 3. The van der Waals surface area contributed by atoms with E-state index in [4.69, 9.17) is 0 Å². The van der Waals surface area contributed by atoms with Gasteiger partial charge in [-0.15, -0.1) is 0 Å². The Hall–Kier alpha value is -4.56. The minimum Gasteiger partial charge on any atom is -0.323 e. The van der Waals surface area contributed by atoms with Crippen molar-refractivity contribution in [2.45, 2.75) is 12.8 Å². The van der Waals surface area contributed by atoms with E-state index in [1.54, 1.807) is 6.08 Å². The molecule has 0 atom stereocenters. The topological polar surface area (TPSA) is 9.86 Å². The average Bonchev–Trinajstić information content (AvgIpc) is 3.55. The summed E-state index contributed by atoms with van der Waals surface area (Å²) in [6, 6.07) is 28.4. The maximum absolute atomic E-state index is 3.75. The molecule has 2 aromatic heterocycles. The minimum absolute atomic E-state index is 1.07. The summed E-state index contributed by atoms with van der Waals surface area (Å²) in [6.45, 7) is 3.75. The van der Waals surface area contributed by atoms with Crippen LogP contribution in [0.4, 0.5) is 0 Å². The highest BCUT2D eigenvalue weighted by Crippen LogP contribution is 2.35. The summed E-state index contributed by atoms with van der Waals surface area (Å²) in [5.41, 5.74) is 10.1. The zero-order chi connectivity index (χ0) is 24.3. The molecule has 5 aromatic rings. The predicted octanol–water partition coefficient (Wildman–Crippen LogP) is 8.94. The van der Waals surface area contributed by atoms with Crippen LogP contribution in [0.5, 0.6) is 0 Å². The van der Waals surface area contributed by atoms with Crippen molar-refractivity contribution >= 4 is 23.2 Å². The maximum Gasteiger partial charge on any atom is 0.0531 e. The lowest BCUT2D eigenvalue weighted by Crippen LogP contribution is -1.95. The van der Waals surface area contributed by atoms with Gasteiger partial charge in [0.15, 0.2) is 0 Å². The van der Waals surface area contributed by atoms with Gasteiger partial charge in [0.2, 0.25) is 0 Å². The van der Waals surface area contributed by atoms with Crippen molar-refractivity contribution in [3.8, 4) is 27.9 Å². The van der Waals surface area contributed by atoms with Crippen molar-refractivity contribution in [3.63, 3.8) is 0 Å². The second kappa shape index (κ2) is 9.59. The molecule has 0 N–H and O–H groups in total. The predicted molar refractivity (Wildman–Crippen MR) is 154 cm³/mol. The van der Waals surface area contributed by atoms with Crippen LogP contribution in [0.25, 0.3) is 51.1 Å². The van der Waals surface area contributed by atoms with Gasteiger partial charge in [0, 0.05) is 35.4 Å². The lowest BCUT2D eigenvalue weighted by atomic mass is 9.98. The molecule has 0 radical (unpaired) electrons. The third kappa shape index (κ3) is 4.08. The molecule has 3 aromatic carbocycles. The Morgan fingerprint density at radius 1 is 0.750 bits per heavy atom. The Kier molecular flexibility index (Phi) is 5.85. The van der Waals surface area contributed by atoms with E-state index < -0.39 is 0 Å². The van der Waals surface area contributed by atoms with Gasteiger partial charge in [0.25, 0.3) is 0 Å². The highest BCUT2D eigenvalue weighted by molar-refractivity contribution is 5.94. The van der Waals surface area contributed by atoms with Crippen LogP contribution in [0.1, 0.15) is 17.7 Å². The number of aryl methyl sites for hydroxylation is 1. The third-order valence-corrected chi connectivity index (χ3v) is 6.88. The summed E-state index contributed by atoms with van der Waals surface area (Å²) in [7, 11) is 0. The van der Waals surface area contributed by atoms with Crippen LogP contribution in [-0.2, 0) is 6.42 Å². The molecule has 36 heavy (non-hydrogen) atoms. The molecule has 0 bridgehead atoms. The Balaban J connectivity index is 1.33. The third-order valence-electron chi connectivity index (χ3n) is 6.88. The Bertz CT molecular complexity index is 1620. The van der Waals surface area contributed by atoms with Gasteiger partial charge in [-0.25, -0.2) is 0 Å². The first-order valence-electron chi connectivity index (χ1n) is 12.5. The standard InChI is InChI=1S/C34H28N2/c1-2-3-4-10-22-36-33-14-9-8-13-31(33)32-24-28(17-20-34(32)36)27-15-18-30(19-16-27)35-23-21-29(25-35)26-11-6-5-7-12-26/h2-7,9-12,14-25H,1,8,13H2/b4-3-,22-10-. The second-order valence-corrected chi connectivity index (χ2v) is 9.09. The van der Waals surface area contributed by atoms with Crippen LogP contribution in [-0.4, -0.2) is 9.13 Å². The van der Waals surface area contributed by atoms with Crippen molar-refractivity contribution < 1.29 is 0 Å². The van der Waals surface area contributed by atoms with E-state index in [0.717, 1.165) is 18.5 Å². The molecule has 6 rings (SSSR count). The first-order valence-corrected chi connectivity index (χ1v) is 12.5. The Morgan fingerprint density at radius 2 is 1.56 bits per heavy atom. The van der Waals surface area contributed by atoms with Crippen molar-refractivity contribution in [1.82, 2.24) is 9.13 Å². The van der Waals surface area contributed by atoms with Gasteiger partial charge in [0.1, 0.15) is 0 Å². The molecule has 2 heteroatoms. The number of nitrogens with zero attached hydrogens (tertiary/aromatic N) is 2. The SMILES string of the molecule is C=C/C=C\C=C/n1c2c(c3cc(-c4ccc(-n5ccc(-c6ccccc6)c5)cc4)ccc31)CCC=C2. The number of rotatable bonds is 6. The zero-order valence-electron chi connectivity index (χ0n) is 20.2. The maximum atomic E-state index is 3.75. The van der Waals surface area contributed by atoms with Gasteiger partial charge < -0.3 is 9.13 Å². The molecule has 2 heterocycles. The molecule has 0 saturated heterocycles. The number of fused-ring (bicyclic) bond motifs is 3. The molecule has 174 valence electrons. The van der Waals surface area contributed by atoms with E-state index in [1.807, 2.05) is 12.2 Å². The van der Waals surface area contributed by atoms with E-state index >= 15 is 0 Å².